The molecule has 0 amide bonds. The first-order valence-corrected chi connectivity index (χ1v) is 7.39. The third-order valence-corrected chi connectivity index (χ3v) is 4.75. The van der Waals surface area contributed by atoms with E-state index in [9.17, 15) is 0 Å². The lowest BCUT2D eigenvalue weighted by Crippen LogP contribution is -2.33. The first-order valence-electron chi connectivity index (χ1n) is 7.39. The van der Waals surface area contributed by atoms with Gasteiger partial charge in [0.05, 0.1) is 5.39 Å². The van der Waals surface area contributed by atoms with E-state index in [1.807, 2.05) is 6.20 Å². The van der Waals surface area contributed by atoms with Crippen molar-refractivity contribution in [3.05, 3.63) is 18.6 Å². The molecule has 2 aliphatic rings. The summed E-state index contributed by atoms with van der Waals surface area (Å²) in [5.74, 6) is 1.12. The van der Waals surface area contributed by atoms with E-state index >= 15 is 0 Å². The van der Waals surface area contributed by atoms with E-state index in [2.05, 4.69) is 25.9 Å². The van der Waals surface area contributed by atoms with Crippen LogP contribution in [0.5, 0.6) is 0 Å². The number of aromatic amines is 1. The molecular weight excluding hydrogens is 236 g/mol. The van der Waals surface area contributed by atoms with E-state index in [1.165, 1.54) is 50.5 Å². The average Bonchev–Trinajstić information content (AvgIpc) is 2.99. The van der Waals surface area contributed by atoms with Crippen molar-refractivity contribution < 1.29 is 0 Å². The predicted octanol–water partition coefficient (Wildman–Crippen LogP) is 3.12. The third kappa shape index (κ3) is 1.99. The number of H-pyrrole nitrogens is 1. The maximum atomic E-state index is 4.56. The fourth-order valence-corrected chi connectivity index (χ4v) is 3.42. The largest absolute Gasteiger partial charge is 0.355 e. The van der Waals surface area contributed by atoms with Crippen LogP contribution in [0.25, 0.3) is 11.0 Å². The molecule has 1 aliphatic carbocycles. The van der Waals surface area contributed by atoms with Crippen molar-refractivity contribution in [1.82, 2.24) is 15.0 Å². The predicted molar refractivity (Wildman–Crippen MR) is 76.2 cm³/mol. The standard InChI is InChI=1S/C15H20N4/c1-2-5-15(6-7-15)10-19(9-3-1)14-12-4-8-16-13(12)17-11-18-14/h4,8,11H,1-3,5-7,9-10H2,(H,16,17,18). The molecule has 1 spiro atoms. The van der Waals surface area contributed by atoms with Crippen molar-refractivity contribution in [3.63, 3.8) is 0 Å². The van der Waals surface area contributed by atoms with Gasteiger partial charge in [0.15, 0.2) is 0 Å². The zero-order valence-corrected chi connectivity index (χ0v) is 11.2. The van der Waals surface area contributed by atoms with Crippen molar-refractivity contribution in [2.45, 2.75) is 38.5 Å². The van der Waals surface area contributed by atoms with Crippen LogP contribution in [0.2, 0.25) is 0 Å². The Labute approximate surface area is 113 Å². The minimum Gasteiger partial charge on any atom is -0.355 e. The molecule has 1 saturated carbocycles. The van der Waals surface area contributed by atoms with Crippen LogP contribution in [0.1, 0.15) is 38.5 Å². The fourth-order valence-electron chi connectivity index (χ4n) is 3.42. The van der Waals surface area contributed by atoms with Gasteiger partial charge in [0.25, 0.3) is 0 Å². The number of rotatable bonds is 1. The molecule has 1 N–H and O–H groups in total. The van der Waals surface area contributed by atoms with Crippen molar-refractivity contribution in [2.24, 2.45) is 5.41 Å². The highest BCUT2D eigenvalue weighted by Crippen LogP contribution is 2.51. The smallest absolute Gasteiger partial charge is 0.142 e. The highest BCUT2D eigenvalue weighted by molar-refractivity contribution is 5.87. The lowest BCUT2D eigenvalue weighted by molar-refractivity contribution is 0.404. The lowest BCUT2D eigenvalue weighted by Gasteiger charge is -2.31. The number of aromatic nitrogens is 3. The number of anilines is 1. The Hall–Kier alpha value is -1.58. The Morgan fingerprint density at radius 1 is 1.11 bits per heavy atom. The number of nitrogens with zero attached hydrogens (tertiary/aromatic N) is 3. The van der Waals surface area contributed by atoms with Gasteiger partial charge < -0.3 is 9.88 Å². The van der Waals surface area contributed by atoms with Crippen molar-refractivity contribution in [1.29, 1.82) is 0 Å². The Bertz CT molecular complexity index is 585. The molecule has 4 nitrogen and oxygen atoms in total. The molecule has 19 heavy (non-hydrogen) atoms. The molecule has 2 aromatic rings. The number of hydrogen-bond acceptors (Lipinski definition) is 3. The van der Waals surface area contributed by atoms with Gasteiger partial charge in [0.2, 0.25) is 0 Å². The van der Waals surface area contributed by atoms with E-state index in [4.69, 9.17) is 0 Å². The highest BCUT2D eigenvalue weighted by Gasteiger charge is 2.44. The number of hydrogen-bond donors (Lipinski definition) is 1. The van der Waals surface area contributed by atoms with Gasteiger partial charge in [-0.05, 0) is 37.2 Å². The van der Waals surface area contributed by atoms with Crippen LogP contribution < -0.4 is 4.90 Å². The highest BCUT2D eigenvalue weighted by atomic mass is 15.2. The quantitative estimate of drug-likeness (QED) is 0.852. The zero-order chi connectivity index (χ0) is 12.7. The van der Waals surface area contributed by atoms with Crippen LogP contribution in [0.3, 0.4) is 0 Å². The van der Waals surface area contributed by atoms with E-state index in [0.717, 1.165) is 18.0 Å². The van der Waals surface area contributed by atoms with Gasteiger partial charge in [-0.2, -0.15) is 0 Å². The van der Waals surface area contributed by atoms with Crippen LogP contribution >= 0.6 is 0 Å². The zero-order valence-electron chi connectivity index (χ0n) is 11.2. The van der Waals surface area contributed by atoms with Crippen molar-refractivity contribution >= 4 is 16.9 Å². The summed E-state index contributed by atoms with van der Waals surface area (Å²) in [6.45, 7) is 2.32. The molecule has 0 radical (unpaired) electrons. The Morgan fingerprint density at radius 3 is 2.95 bits per heavy atom. The minimum absolute atomic E-state index is 0.605. The van der Waals surface area contributed by atoms with Gasteiger partial charge in [-0.1, -0.05) is 12.8 Å². The van der Waals surface area contributed by atoms with Crippen LogP contribution in [0, 0.1) is 5.41 Å². The van der Waals surface area contributed by atoms with E-state index in [0.29, 0.717) is 5.41 Å². The summed E-state index contributed by atoms with van der Waals surface area (Å²) < 4.78 is 0. The Kier molecular flexibility index (Phi) is 2.50. The van der Waals surface area contributed by atoms with Crippen molar-refractivity contribution in [3.8, 4) is 0 Å². The molecule has 100 valence electrons. The SMILES string of the molecule is c1nc(N2CCCCCC3(CC3)C2)c2cc[nH]c2n1. The molecule has 2 aromatic heterocycles. The number of fused-ring (bicyclic) bond motifs is 1. The molecule has 0 bridgehead atoms. The second kappa shape index (κ2) is 4.22. The van der Waals surface area contributed by atoms with Crippen LogP contribution in [-0.4, -0.2) is 28.0 Å². The first kappa shape index (κ1) is 11.3. The van der Waals surface area contributed by atoms with Crippen LogP contribution in [0.4, 0.5) is 5.82 Å². The van der Waals surface area contributed by atoms with Crippen LogP contribution in [-0.2, 0) is 0 Å². The second-order valence-electron chi connectivity index (χ2n) is 6.17. The summed E-state index contributed by atoms with van der Waals surface area (Å²) >= 11 is 0. The molecule has 0 aromatic carbocycles. The summed E-state index contributed by atoms with van der Waals surface area (Å²) in [4.78, 5) is 14.6. The van der Waals surface area contributed by atoms with Gasteiger partial charge in [-0.15, -0.1) is 0 Å². The monoisotopic (exact) mass is 256 g/mol. The summed E-state index contributed by atoms with van der Waals surface area (Å²) in [7, 11) is 0. The molecule has 3 heterocycles. The molecular formula is C15H20N4. The molecule has 1 aliphatic heterocycles. The van der Waals surface area contributed by atoms with Gasteiger partial charge >= 0.3 is 0 Å². The van der Waals surface area contributed by atoms with Gasteiger partial charge in [-0.3, -0.25) is 0 Å². The van der Waals surface area contributed by atoms with E-state index in [1.54, 1.807) is 6.33 Å². The normalized spacial score (nSPS) is 22.4. The summed E-state index contributed by atoms with van der Waals surface area (Å²) in [5, 5.41) is 1.17. The van der Waals surface area contributed by atoms with Crippen molar-refractivity contribution in [2.75, 3.05) is 18.0 Å². The fraction of sp³-hybridized carbons (Fsp3) is 0.600. The molecule has 0 atom stereocenters. The van der Waals surface area contributed by atoms with E-state index < -0.39 is 0 Å². The molecule has 1 saturated heterocycles. The van der Waals surface area contributed by atoms with Gasteiger partial charge in [-0.25, -0.2) is 9.97 Å². The molecule has 2 fully saturated rings. The Morgan fingerprint density at radius 2 is 2.05 bits per heavy atom. The van der Waals surface area contributed by atoms with E-state index in [-0.39, 0.29) is 0 Å². The minimum atomic E-state index is 0.605. The van der Waals surface area contributed by atoms with Gasteiger partial charge in [0, 0.05) is 19.3 Å². The molecule has 4 heteroatoms. The lowest BCUT2D eigenvalue weighted by atomic mass is 9.95. The average molecular weight is 256 g/mol. The van der Waals surface area contributed by atoms with Crippen LogP contribution in [0.15, 0.2) is 18.6 Å². The maximum absolute atomic E-state index is 4.56. The Balaban J connectivity index is 1.70. The first-order chi connectivity index (χ1) is 9.36. The molecule has 0 unspecified atom stereocenters. The third-order valence-electron chi connectivity index (χ3n) is 4.75. The second-order valence-corrected chi connectivity index (χ2v) is 6.17. The number of nitrogens with one attached hydrogen (secondary N) is 1. The van der Waals surface area contributed by atoms with Gasteiger partial charge in [0.1, 0.15) is 17.8 Å². The molecule has 4 rings (SSSR count). The summed E-state index contributed by atoms with van der Waals surface area (Å²) in [6, 6.07) is 2.10. The summed E-state index contributed by atoms with van der Waals surface area (Å²) in [6.07, 6.45) is 11.9. The topological polar surface area (TPSA) is 44.8 Å². The maximum Gasteiger partial charge on any atom is 0.142 e. The summed E-state index contributed by atoms with van der Waals surface area (Å²) in [5.41, 5.74) is 1.56.